The number of nitrogens with one attached hydrogen (secondary N) is 1. The van der Waals surface area contributed by atoms with E-state index in [9.17, 15) is 0 Å². The van der Waals surface area contributed by atoms with Crippen molar-refractivity contribution in [2.24, 2.45) is 5.92 Å². The standard InChI is InChI=1S/C12H14ClN3/c1-2-3-8-6-10(8)15-12-5-4-9(13)11(7-14)16-12/h4-5,8,10H,2-3,6H2,1H3,(H,15,16). The van der Waals surface area contributed by atoms with Crippen molar-refractivity contribution in [3.63, 3.8) is 0 Å². The third-order valence-corrected chi connectivity index (χ3v) is 3.17. The number of nitriles is 1. The largest absolute Gasteiger partial charge is 0.367 e. The maximum atomic E-state index is 8.80. The third kappa shape index (κ3) is 2.45. The Bertz CT molecular complexity index is 425. The molecule has 0 bridgehead atoms. The summed E-state index contributed by atoms with van der Waals surface area (Å²) < 4.78 is 0. The Kier molecular flexibility index (Phi) is 3.31. The van der Waals surface area contributed by atoms with Gasteiger partial charge in [-0.15, -0.1) is 0 Å². The molecule has 2 unspecified atom stereocenters. The van der Waals surface area contributed by atoms with E-state index in [1.54, 1.807) is 6.07 Å². The topological polar surface area (TPSA) is 48.7 Å². The number of nitrogens with zero attached hydrogens (tertiary/aromatic N) is 2. The van der Waals surface area contributed by atoms with Gasteiger partial charge in [0.2, 0.25) is 0 Å². The average molecular weight is 236 g/mol. The van der Waals surface area contributed by atoms with Crippen molar-refractivity contribution < 1.29 is 0 Å². The highest BCUT2D eigenvalue weighted by atomic mass is 35.5. The molecule has 84 valence electrons. The lowest BCUT2D eigenvalue weighted by Crippen LogP contribution is -2.06. The number of hydrogen-bond acceptors (Lipinski definition) is 3. The molecular weight excluding hydrogens is 222 g/mol. The highest BCUT2D eigenvalue weighted by Crippen LogP contribution is 2.37. The van der Waals surface area contributed by atoms with Gasteiger partial charge in [0.15, 0.2) is 5.69 Å². The van der Waals surface area contributed by atoms with Gasteiger partial charge in [-0.05, 0) is 30.9 Å². The summed E-state index contributed by atoms with van der Waals surface area (Å²) in [6.07, 6.45) is 3.69. The normalized spacial score (nSPS) is 22.6. The van der Waals surface area contributed by atoms with E-state index in [0.29, 0.717) is 16.8 Å². The zero-order valence-corrected chi connectivity index (χ0v) is 9.96. The summed E-state index contributed by atoms with van der Waals surface area (Å²) in [6.45, 7) is 2.20. The van der Waals surface area contributed by atoms with Gasteiger partial charge < -0.3 is 5.32 Å². The Labute approximate surface area is 100 Å². The molecule has 0 aliphatic heterocycles. The van der Waals surface area contributed by atoms with Crippen LogP contribution in [0.4, 0.5) is 5.82 Å². The van der Waals surface area contributed by atoms with Gasteiger partial charge in [-0.2, -0.15) is 5.26 Å². The van der Waals surface area contributed by atoms with E-state index in [-0.39, 0.29) is 0 Å². The van der Waals surface area contributed by atoms with Crippen LogP contribution in [-0.2, 0) is 0 Å². The Morgan fingerprint density at radius 1 is 1.62 bits per heavy atom. The Balaban J connectivity index is 1.99. The van der Waals surface area contributed by atoms with Gasteiger partial charge in [0.1, 0.15) is 11.9 Å². The molecule has 0 saturated heterocycles. The molecule has 1 saturated carbocycles. The number of anilines is 1. The fourth-order valence-corrected chi connectivity index (χ4v) is 2.05. The van der Waals surface area contributed by atoms with Crippen LogP contribution in [0.1, 0.15) is 31.9 Å². The molecule has 0 amide bonds. The average Bonchev–Trinajstić information content (AvgIpc) is 3.00. The van der Waals surface area contributed by atoms with E-state index in [4.69, 9.17) is 16.9 Å². The molecule has 0 radical (unpaired) electrons. The summed E-state index contributed by atoms with van der Waals surface area (Å²) in [5.41, 5.74) is 0.291. The number of halogens is 1. The van der Waals surface area contributed by atoms with E-state index in [1.807, 2.05) is 12.1 Å². The molecule has 1 aromatic heterocycles. The van der Waals surface area contributed by atoms with Crippen molar-refractivity contribution in [2.75, 3.05) is 5.32 Å². The number of pyridine rings is 1. The van der Waals surface area contributed by atoms with Crippen LogP contribution in [0.2, 0.25) is 5.02 Å². The minimum Gasteiger partial charge on any atom is -0.367 e. The maximum Gasteiger partial charge on any atom is 0.161 e. The van der Waals surface area contributed by atoms with Crippen LogP contribution < -0.4 is 5.32 Å². The first kappa shape index (κ1) is 11.2. The SMILES string of the molecule is CCCC1CC1Nc1ccc(Cl)c(C#N)n1. The van der Waals surface area contributed by atoms with E-state index < -0.39 is 0 Å². The Hall–Kier alpha value is -1.27. The van der Waals surface area contributed by atoms with E-state index in [0.717, 1.165) is 11.7 Å². The molecule has 1 aliphatic carbocycles. The molecule has 1 aliphatic rings. The molecule has 1 aromatic rings. The first-order valence-electron chi connectivity index (χ1n) is 5.57. The molecule has 4 heteroatoms. The summed E-state index contributed by atoms with van der Waals surface area (Å²) in [6, 6.07) is 6.05. The van der Waals surface area contributed by atoms with Gasteiger partial charge in [0, 0.05) is 6.04 Å². The molecule has 1 N–H and O–H groups in total. The van der Waals surface area contributed by atoms with Crippen molar-refractivity contribution in [1.82, 2.24) is 4.98 Å². The lowest BCUT2D eigenvalue weighted by molar-refractivity contribution is 0.692. The highest BCUT2D eigenvalue weighted by Gasteiger charge is 2.36. The van der Waals surface area contributed by atoms with Crippen molar-refractivity contribution in [1.29, 1.82) is 5.26 Å². The zero-order valence-electron chi connectivity index (χ0n) is 9.20. The van der Waals surface area contributed by atoms with Gasteiger partial charge in [0.25, 0.3) is 0 Å². The Morgan fingerprint density at radius 2 is 2.44 bits per heavy atom. The quantitative estimate of drug-likeness (QED) is 0.872. The summed E-state index contributed by atoms with van der Waals surface area (Å²) in [4.78, 5) is 4.16. The van der Waals surface area contributed by atoms with Gasteiger partial charge in [-0.3, -0.25) is 0 Å². The predicted octanol–water partition coefficient (Wildman–Crippen LogP) is 3.21. The molecular formula is C12H14ClN3. The van der Waals surface area contributed by atoms with Crippen molar-refractivity contribution in [3.05, 3.63) is 22.8 Å². The van der Waals surface area contributed by atoms with Crippen molar-refractivity contribution in [2.45, 2.75) is 32.2 Å². The van der Waals surface area contributed by atoms with Crippen LogP contribution in [-0.4, -0.2) is 11.0 Å². The second-order valence-electron chi connectivity index (χ2n) is 4.17. The van der Waals surface area contributed by atoms with Crippen molar-refractivity contribution >= 4 is 17.4 Å². The summed E-state index contributed by atoms with van der Waals surface area (Å²) in [5.74, 6) is 1.53. The van der Waals surface area contributed by atoms with Gasteiger partial charge in [0.05, 0.1) is 5.02 Å². The lowest BCUT2D eigenvalue weighted by Gasteiger charge is -2.05. The van der Waals surface area contributed by atoms with Crippen LogP contribution in [0, 0.1) is 17.2 Å². The summed E-state index contributed by atoms with van der Waals surface area (Å²) in [5, 5.41) is 12.5. The molecule has 0 spiro atoms. The molecule has 1 heterocycles. The van der Waals surface area contributed by atoms with Crippen LogP contribution in [0.15, 0.2) is 12.1 Å². The smallest absolute Gasteiger partial charge is 0.161 e. The summed E-state index contributed by atoms with van der Waals surface area (Å²) in [7, 11) is 0. The van der Waals surface area contributed by atoms with Gasteiger partial charge in [-0.25, -0.2) is 4.98 Å². The van der Waals surface area contributed by atoms with Gasteiger partial charge >= 0.3 is 0 Å². The van der Waals surface area contributed by atoms with Crippen molar-refractivity contribution in [3.8, 4) is 6.07 Å². The maximum absolute atomic E-state index is 8.80. The van der Waals surface area contributed by atoms with E-state index in [2.05, 4.69) is 17.2 Å². The van der Waals surface area contributed by atoms with Crippen LogP contribution >= 0.6 is 11.6 Å². The Morgan fingerprint density at radius 3 is 3.12 bits per heavy atom. The first-order chi connectivity index (χ1) is 7.74. The lowest BCUT2D eigenvalue weighted by atomic mass is 10.2. The summed E-state index contributed by atoms with van der Waals surface area (Å²) >= 11 is 5.81. The fraction of sp³-hybridized carbons (Fsp3) is 0.500. The molecule has 16 heavy (non-hydrogen) atoms. The minimum absolute atomic E-state index is 0.291. The predicted molar refractivity (Wildman–Crippen MR) is 64.4 cm³/mol. The van der Waals surface area contributed by atoms with E-state index >= 15 is 0 Å². The van der Waals surface area contributed by atoms with Crippen LogP contribution in [0.5, 0.6) is 0 Å². The second-order valence-corrected chi connectivity index (χ2v) is 4.58. The monoisotopic (exact) mass is 235 g/mol. The van der Waals surface area contributed by atoms with Gasteiger partial charge in [-0.1, -0.05) is 24.9 Å². The molecule has 2 rings (SSSR count). The van der Waals surface area contributed by atoms with Crippen LogP contribution in [0.3, 0.4) is 0 Å². The molecule has 3 nitrogen and oxygen atoms in total. The highest BCUT2D eigenvalue weighted by molar-refractivity contribution is 6.31. The second kappa shape index (κ2) is 4.71. The fourth-order valence-electron chi connectivity index (χ4n) is 1.91. The zero-order chi connectivity index (χ0) is 11.5. The molecule has 0 aromatic carbocycles. The van der Waals surface area contributed by atoms with Crippen LogP contribution in [0.25, 0.3) is 0 Å². The first-order valence-corrected chi connectivity index (χ1v) is 5.95. The number of hydrogen-bond donors (Lipinski definition) is 1. The molecule has 1 fully saturated rings. The third-order valence-electron chi connectivity index (χ3n) is 2.87. The number of aromatic nitrogens is 1. The molecule has 2 atom stereocenters. The minimum atomic E-state index is 0.291. The number of rotatable bonds is 4. The van der Waals surface area contributed by atoms with E-state index in [1.165, 1.54) is 19.3 Å².